The number of nitrogens with zero attached hydrogens (tertiary/aromatic N) is 1. The summed E-state index contributed by atoms with van der Waals surface area (Å²) in [6.07, 6.45) is -1.69. The van der Waals surface area contributed by atoms with Gasteiger partial charge >= 0.3 is 11.9 Å². The molecule has 0 aromatic carbocycles. The molecule has 3 N–H and O–H groups in total. The lowest BCUT2D eigenvalue weighted by molar-refractivity contribution is -0.140. The topological polar surface area (TPSA) is 116 Å². The Kier molecular flexibility index (Phi) is 3.75. The lowest BCUT2D eigenvalue weighted by Crippen LogP contribution is -2.37. The highest BCUT2D eigenvalue weighted by Gasteiger charge is 2.17. The van der Waals surface area contributed by atoms with Crippen LogP contribution in [0.5, 0.6) is 0 Å². The molecule has 0 bridgehead atoms. The van der Waals surface area contributed by atoms with E-state index in [-0.39, 0.29) is 0 Å². The van der Waals surface area contributed by atoms with Gasteiger partial charge in [0, 0.05) is 0 Å². The van der Waals surface area contributed by atoms with Crippen LogP contribution in [-0.4, -0.2) is 34.9 Å². The van der Waals surface area contributed by atoms with Crippen molar-refractivity contribution in [1.82, 2.24) is 5.32 Å². The van der Waals surface area contributed by atoms with Gasteiger partial charge in [0.1, 0.15) is 0 Å². The highest BCUT2D eigenvalue weighted by Crippen LogP contribution is 1.83. The van der Waals surface area contributed by atoms with Crippen molar-refractivity contribution in [2.24, 2.45) is 5.18 Å². The van der Waals surface area contributed by atoms with Gasteiger partial charge in [0.05, 0.1) is 6.54 Å². The fraction of sp³-hybridized carbons (Fsp3) is 0.500. The van der Waals surface area contributed by atoms with Crippen LogP contribution < -0.4 is 5.32 Å². The first-order chi connectivity index (χ1) is 5.07. The molecule has 0 aromatic rings. The van der Waals surface area contributed by atoms with E-state index < -0.39 is 24.6 Å². The molecular formula is C4H6N2O5. The van der Waals surface area contributed by atoms with Gasteiger partial charge in [-0.2, -0.15) is 0 Å². The van der Waals surface area contributed by atoms with Crippen molar-refractivity contribution < 1.29 is 19.8 Å². The second kappa shape index (κ2) is 4.34. The maximum Gasteiger partial charge on any atom is 0.347 e. The van der Waals surface area contributed by atoms with Crippen molar-refractivity contribution in [3.8, 4) is 0 Å². The van der Waals surface area contributed by atoms with E-state index in [0.717, 1.165) is 0 Å². The molecule has 0 amide bonds. The summed E-state index contributed by atoms with van der Waals surface area (Å²) in [7, 11) is 0. The number of aliphatic carboxylic acids is 2. The van der Waals surface area contributed by atoms with Crippen molar-refractivity contribution in [2.45, 2.75) is 6.17 Å². The van der Waals surface area contributed by atoms with E-state index in [1.54, 1.807) is 0 Å². The average molecular weight is 162 g/mol. The second-order valence-electron chi connectivity index (χ2n) is 1.62. The van der Waals surface area contributed by atoms with Crippen LogP contribution in [0.1, 0.15) is 0 Å². The molecule has 0 heterocycles. The average Bonchev–Trinajstić information content (AvgIpc) is 1.87. The molecular weight excluding hydrogens is 156 g/mol. The molecule has 0 saturated carbocycles. The van der Waals surface area contributed by atoms with Gasteiger partial charge in [-0.25, -0.2) is 4.79 Å². The predicted octanol–water partition coefficient (Wildman–Crippen LogP) is -1.16. The molecule has 62 valence electrons. The lowest BCUT2D eigenvalue weighted by atomic mass is 10.5. The Bertz CT molecular complexity index is 179. The molecule has 0 aliphatic carbocycles. The Labute approximate surface area is 61.0 Å². The molecule has 7 nitrogen and oxygen atoms in total. The van der Waals surface area contributed by atoms with Crippen LogP contribution in [0.4, 0.5) is 0 Å². The smallest absolute Gasteiger partial charge is 0.347 e. The van der Waals surface area contributed by atoms with Crippen LogP contribution in [0.15, 0.2) is 5.18 Å². The highest BCUT2D eigenvalue weighted by atomic mass is 16.4. The standard InChI is InChI=1S/C4H6N2O5/c7-2(8)1-5-3(6-11)4(9)10/h3,5H,1H2,(H,7,8)(H,9,10). The van der Waals surface area contributed by atoms with Crippen molar-refractivity contribution in [2.75, 3.05) is 6.54 Å². The summed E-state index contributed by atoms with van der Waals surface area (Å²) in [6, 6.07) is 0. The minimum Gasteiger partial charge on any atom is -0.480 e. The number of carboxylic acid groups (broad SMARTS) is 2. The number of nitroso groups, excluding NO2 is 1. The number of hydrogen-bond acceptors (Lipinski definition) is 5. The summed E-state index contributed by atoms with van der Waals surface area (Å²) >= 11 is 0. The first-order valence-electron chi connectivity index (χ1n) is 2.58. The Balaban J connectivity index is 3.79. The minimum absolute atomic E-state index is 0.608. The third-order valence-corrected chi connectivity index (χ3v) is 0.786. The van der Waals surface area contributed by atoms with Gasteiger partial charge in [-0.1, -0.05) is 0 Å². The quantitative estimate of drug-likeness (QED) is 0.439. The molecule has 1 atom stereocenters. The Hall–Kier alpha value is -1.50. The molecule has 1 unspecified atom stereocenters. The van der Waals surface area contributed by atoms with Crippen LogP contribution in [-0.2, 0) is 9.59 Å². The van der Waals surface area contributed by atoms with E-state index >= 15 is 0 Å². The normalized spacial score (nSPS) is 12.0. The van der Waals surface area contributed by atoms with E-state index in [9.17, 15) is 14.5 Å². The van der Waals surface area contributed by atoms with Crippen LogP contribution >= 0.6 is 0 Å². The predicted molar refractivity (Wildman–Crippen MR) is 32.9 cm³/mol. The summed E-state index contributed by atoms with van der Waals surface area (Å²) in [5.74, 6) is -2.75. The Morgan fingerprint density at radius 3 is 2.27 bits per heavy atom. The number of nitrogens with one attached hydrogen (secondary N) is 1. The monoisotopic (exact) mass is 162 g/mol. The van der Waals surface area contributed by atoms with Gasteiger partial charge in [0.2, 0.25) is 6.17 Å². The summed E-state index contributed by atoms with van der Waals surface area (Å²) < 4.78 is 0. The van der Waals surface area contributed by atoms with E-state index in [4.69, 9.17) is 10.2 Å². The van der Waals surface area contributed by atoms with Crippen LogP contribution in [0, 0.1) is 4.91 Å². The SMILES string of the molecule is O=NC(NCC(=O)O)C(=O)O. The fourth-order valence-electron chi connectivity index (χ4n) is 0.354. The van der Waals surface area contributed by atoms with E-state index in [0.29, 0.717) is 0 Å². The third kappa shape index (κ3) is 3.98. The molecule has 0 spiro atoms. The van der Waals surface area contributed by atoms with Gasteiger partial charge in [-0.3, -0.25) is 10.1 Å². The summed E-state index contributed by atoms with van der Waals surface area (Å²) in [5, 5.41) is 20.2. The van der Waals surface area contributed by atoms with Crippen LogP contribution in [0.3, 0.4) is 0 Å². The Morgan fingerprint density at radius 1 is 1.45 bits per heavy atom. The van der Waals surface area contributed by atoms with Gasteiger partial charge in [-0.05, 0) is 5.18 Å². The summed E-state index contributed by atoms with van der Waals surface area (Å²) in [4.78, 5) is 29.5. The molecule has 0 rings (SSSR count). The lowest BCUT2D eigenvalue weighted by Gasteiger charge is -2.02. The van der Waals surface area contributed by atoms with E-state index in [1.807, 2.05) is 5.32 Å². The van der Waals surface area contributed by atoms with Gasteiger partial charge in [0.25, 0.3) is 0 Å². The van der Waals surface area contributed by atoms with Crippen LogP contribution in [0.25, 0.3) is 0 Å². The van der Waals surface area contributed by atoms with Crippen molar-refractivity contribution in [3.63, 3.8) is 0 Å². The highest BCUT2D eigenvalue weighted by molar-refractivity contribution is 5.75. The van der Waals surface area contributed by atoms with Crippen molar-refractivity contribution >= 4 is 11.9 Å². The molecule has 7 heteroatoms. The van der Waals surface area contributed by atoms with Gasteiger partial charge in [0.15, 0.2) is 0 Å². The summed E-state index contributed by atoms with van der Waals surface area (Å²) in [6.45, 7) is -0.608. The molecule has 0 aliphatic heterocycles. The largest absolute Gasteiger partial charge is 0.480 e. The molecule has 0 radical (unpaired) electrons. The molecule has 0 aliphatic rings. The zero-order valence-corrected chi connectivity index (χ0v) is 5.35. The first kappa shape index (κ1) is 9.50. The fourth-order valence-corrected chi connectivity index (χ4v) is 0.354. The molecule has 0 fully saturated rings. The number of carboxylic acids is 2. The first-order valence-corrected chi connectivity index (χ1v) is 2.58. The second-order valence-corrected chi connectivity index (χ2v) is 1.62. The van der Waals surface area contributed by atoms with E-state index in [2.05, 4.69) is 5.18 Å². The maximum atomic E-state index is 9.99. The number of rotatable bonds is 5. The van der Waals surface area contributed by atoms with Crippen molar-refractivity contribution in [1.29, 1.82) is 0 Å². The number of carbonyl (C=O) groups is 2. The zero-order valence-electron chi connectivity index (χ0n) is 5.35. The summed E-state index contributed by atoms with van der Waals surface area (Å²) in [5.41, 5.74) is 0. The molecule has 0 saturated heterocycles. The van der Waals surface area contributed by atoms with Crippen molar-refractivity contribution in [3.05, 3.63) is 4.91 Å². The van der Waals surface area contributed by atoms with Gasteiger partial charge < -0.3 is 10.2 Å². The minimum atomic E-state index is -1.69. The number of hydrogen-bond donors (Lipinski definition) is 3. The molecule has 11 heavy (non-hydrogen) atoms. The zero-order chi connectivity index (χ0) is 8.85. The van der Waals surface area contributed by atoms with E-state index in [1.165, 1.54) is 0 Å². The van der Waals surface area contributed by atoms with Gasteiger partial charge in [-0.15, -0.1) is 4.91 Å². The Morgan fingerprint density at radius 2 is 2.00 bits per heavy atom. The van der Waals surface area contributed by atoms with Crippen LogP contribution in [0.2, 0.25) is 0 Å². The molecule has 0 aromatic heterocycles. The maximum absolute atomic E-state index is 9.99. The third-order valence-electron chi connectivity index (χ3n) is 0.786.